The van der Waals surface area contributed by atoms with E-state index in [0.717, 1.165) is 12.5 Å². The molecule has 100 valence electrons. The average Bonchev–Trinajstić information content (AvgIpc) is 2.79. The molecule has 0 radical (unpaired) electrons. The summed E-state index contributed by atoms with van der Waals surface area (Å²) in [7, 11) is 1.66. The second kappa shape index (κ2) is 4.89. The first-order valence-electron chi connectivity index (χ1n) is 5.30. The van der Waals surface area contributed by atoms with Crippen molar-refractivity contribution < 1.29 is 17.9 Å². The number of hydrogen-bond acceptors (Lipinski definition) is 4. The van der Waals surface area contributed by atoms with Gasteiger partial charge < -0.3 is 9.64 Å². The van der Waals surface area contributed by atoms with Crippen LogP contribution in [-0.4, -0.2) is 36.3 Å². The molecule has 1 aliphatic rings. The Hall–Kier alpha value is -1.08. The van der Waals surface area contributed by atoms with E-state index in [9.17, 15) is 13.2 Å². The number of hydrogen-bond donors (Lipinski definition) is 0. The molecule has 1 aromatic rings. The Morgan fingerprint density at radius 2 is 2.17 bits per heavy atom. The molecule has 2 heterocycles. The van der Waals surface area contributed by atoms with Crippen molar-refractivity contribution in [3.63, 3.8) is 0 Å². The fourth-order valence-electron chi connectivity index (χ4n) is 1.75. The van der Waals surface area contributed by atoms with Crippen molar-refractivity contribution in [2.75, 3.05) is 25.2 Å². The first-order chi connectivity index (χ1) is 8.38. The van der Waals surface area contributed by atoms with Crippen LogP contribution in [-0.2, 0) is 10.9 Å². The van der Waals surface area contributed by atoms with Crippen LogP contribution >= 0.6 is 11.6 Å². The molecule has 0 aromatic carbocycles. The predicted molar refractivity (Wildman–Crippen MR) is 59.7 cm³/mol. The molecule has 0 amide bonds. The van der Waals surface area contributed by atoms with Gasteiger partial charge in [0, 0.05) is 19.7 Å². The van der Waals surface area contributed by atoms with Crippen molar-refractivity contribution in [2.45, 2.75) is 18.6 Å². The van der Waals surface area contributed by atoms with E-state index in [4.69, 9.17) is 16.3 Å². The Kier molecular flexibility index (Phi) is 3.63. The molecule has 4 nitrogen and oxygen atoms in total. The van der Waals surface area contributed by atoms with Gasteiger partial charge in [0.2, 0.25) is 5.28 Å². The minimum absolute atomic E-state index is 0.0112. The fourth-order valence-corrected chi connectivity index (χ4v) is 1.92. The van der Waals surface area contributed by atoms with Crippen molar-refractivity contribution in [3.05, 3.63) is 17.0 Å². The van der Waals surface area contributed by atoms with Crippen LogP contribution in [0.4, 0.5) is 19.0 Å². The van der Waals surface area contributed by atoms with Gasteiger partial charge in [-0.3, -0.25) is 0 Å². The molecule has 0 saturated carbocycles. The average molecular weight is 282 g/mol. The van der Waals surface area contributed by atoms with Gasteiger partial charge in [-0.05, 0) is 18.0 Å². The summed E-state index contributed by atoms with van der Waals surface area (Å²) in [5.74, 6) is 0.151. The highest BCUT2D eigenvalue weighted by Gasteiger charge is 2.34. The maximum absolute atomic E-state index is 12.6. The van der Waals surface area contributed by atoms with Crippen molar-refractivity contribution in [3.8, 4) is 0 Å². The molecule has 1 saturated heterocycles. The van der Waals surface area contributed by atoms with Gasteiger partial charge in [-0.25, -0.2) is 9.97 Å². The molecule has 0 bridgehead atoms. The number of nitrogens with zero attached hydrogens (tertiary/aromatic N) is 3. The lowest BCUT2D eigenvalue weighted by atomic mass is 10.2. The topological polar surface area (TPSA) is 38.2 Å². The molecule has 8 heteroatoms. The summed E-state index contributed by atoms with van der Waals surface area (Å²) in [5, 5.41) is -0.411. The lowest BCUT2D eigenvalue weighted by Gasteiger charge is -2.24. The van der Waals surface area contributed by atoms with Crippen LogP contribution < -0.4 is 4.90 Å². The third kappa shape index (κ3) is 2.84. The van der Waals surface area contributed by atoms with E-state index in [0.29, 0.717) is 13.2 Å². The van der Waals surface area contributed by atoms with E-state index < -0.39 is 17.2 Å². The highest BCUT2D eigenvalue weighted by Crippen LogP contribution is 2.31. The highest BCUT2D eigenvalue weighted by molar-refractivity contribution is 6.28. The van der Waals surface area contributed by atoms with E-state index in [2.05, 4.69) is 9.97 Å². The minimum atomic E-state index is -4.53. The van der Waals surface area contributed by atoms with Crippen LogP contribution in [0.25, 0.3) is 0 Å². The molecule has 1 aromatic heterocycles. The molecule has 1 aliphatic heterocycles. The lowest BCUT2D eigenvalue weighted by molar-refractivity contribution is -0.141. The molecule has 1 fully saturated rings. The van der Waals surface area contributed by atoms with Gasteiger partial charge in [-0.2, -0.15) is 13.2 Å². The van der Waals surface area contributed by atoms with Gasteiger partial charge in [-0.1, -0.05) is 0 Å². The predicted octanol–water partition coefficient (Wildman–Crippen LogP) is 2.37. The zero-order valence-electron chi connectivity index (χ0n) is 9.54. The summed E-state index contributed by atoms with van der Waals surface area (Å²) in [6.45, 7) is 1.07. The van der Waals surface area contributed by atoms with Gasteiger partial charge in [0.25, 0.3) is 0 Å². The molecule has 2 rings (SSSR count). The summed E-state index contributed by atoms with van der Waals surface area (Å²) < 4.78 is 43.0. The monoisotopic (exact) mass is 281 g/mol. The zero-order valence-corrected chi connectivity index (χ0v) is 10.3. The quantitative estimate of drug-likeness (QED) is 0.780. The number of halogens is 4. The molecule has 0 aliphatic carbocycles. The Morgan fingerprint density at radius 1 is 1.44 bits per heavy atom. The minimum Gasteiger partial charge on any atom is -0.379 e. The van der Waals surface area contributed by atoms with Gasteiger partial charge in [0.1, 0.15) is 5.82 Å². The number of likely N-dealkylation sites (N-methyl/N-ethyl adjacent to an activating group) is 1. The van der Waals surface area contributed by atoms with E-state index in [1.54, 1.807) is 11.9 Å². The number of anilines is 1. The Bertz CT molecular complexity index is 435. The first kappa shape index (κ1) is 13.4. The molecular weight excluding hydrogens is 271 g/mol. The van der Waals surface area contributed by atoms with Crippen LogP contribution in [0.2, 0.25) is 5.28 Å². The van der Waals surface area contributed by atoms with E-state index >= 15 is 0 Å². The normalized spacial score (nSPS) is 20.2. The van der Waals surface area contributed by atoms with E-state index in [1.165, 1.54) is 0 Å². The maximum Gasteiger partial charge on any atom is 0.433 e. The van der Waals surface area contributed by atoms with Crippen LogP contribution in [0, 0.1) is 0 Å². The SMILES string of the molecule is CN(c1cc(C(F)(F)F)nc(Cl)n1)C1CCOC1. The Labute approximate surface area is 107 Å². The molecule has 0 N–H and O–H groups in total. The molecular formula is C10H11ClF3N3O. The van der Waals surface area contributed by atoms with Crippen LogP contribution in [0.1, 0.15) is 12.1 Å². The van der Waals surface area contributed by atoms with Gasteiger partial charge in [0.15, 0.2) is 5.69 Å². The van der Waals surface area contributed by atoms with Gasteiger partial charge in [0.05, 0.1) is 12.6 Å². The van der Waals surface area contributed by atoms with Crippen molar-refractivity contribution in [1.82, 2.24) is 9.97 Å². The summed E-state index contributed by atoms with van der Waals surface area (Å²) in [5.41, 5.74) is -1.04. The summed E-state index contributed by atoms with van der Waals surface area (Å²) in [6.07, 6.45) is -3.78. The summed E-state index contributed by atoms with van der Waals surface area (Å²) >= 11 is 5.53. The van der Waals surface area contributed by atoms with Gasteiger partial charge in [-0.15, -0.1) is 0 Å². The summed E-state index contributed by atoms with van der Waals surface area (Å²) in [4.78, 5) is 8.64. The van der Waals surface area contributed by atoms with E-state index in [1.807, 2.05) is 0 Å². The highest BCUT2D eigenvalue weighted by atomic mass is 35.5. The van der Waals surface area contributed by atoms with Crippen LogP contribution in [0.3, 0.4) is 0 Å². The van der Waals surface area contributed by atoms with Gasteiger partial charge >= 0.3 is 6.18 Å². The van der Waals surface area contributed by atoms with Crippen molar-refractivity contribution in [1.29, 1.82) is 0 Å². The number of rotatable bonds is 2. The van der Waals surface area contributed by atoms with E-state index in [-0.39, 0.29) is 11.9 Å². The third-order valence-electron chi connectivity index (χ3n) is 2.79. The Morgan fingerprint density at radius 3 is 2.72 bits per heavy atom. The molecule has 18 heavy (non-hydrogen) atoms. The largest absolute Gasteiger partial charge is 0.433 e. The van der Waals surface area contributed by atoms with Crippen LogP contribution in [0.15, 0.2) is 6.07 Å². The summed E-state index contributed by atoms with van der Waals surface area (Å²) in [6, 6.07) is 0.904. The number of aromatic nitrogens is 2. The van der Waals surface area contributed by atoms with Crippen molar-refractivity contribution >= 4 is 17.4 Å². The van der Waals surface area contributed by atoms with Crippen LogP contribution in [0.5, 0.6) is 0 Å². The fraction of sp³-hybridized carbons (Fsp3) is 0.600. The second-order valence-corrected chi connectivity index (χ2v) is 4.34. The number of alkyl halides is 3. The zero-order chi connectivity index (χ0) is 13.3. The molecule has 1 atom stereocenters. The standard InChI is InChI=1S/C10H11ClF3N3O/c1-17(6-2-3-18-5-6)8-4-7(10(12,13)14)15-9(11)16-8/h4,6H,2-3,5H2,1H3. The maximum atomic E-state index is 12.6. The smallest absolute Gasteiger partial charge is 0.379 e. The molecule has 1 unspecified atom stereocenters. The third-order valence-corrected chi connectivity index (χ3v) is 2.96. The Balaban J connectivity index is 2.29. The van der Waals surface area contributed by atoms with Crippen molar-refractivity contribution in [2.24, 2.45) is 0 Å². The second-order valence-electron chi connectivity index (χ2n) is 4.01. The lowest BCUT2D eigenvalue weighted by Crippen LogP contribution is -2.32. The first-order valence-corrected chi connectivity index (χ1v) is 5.68. The number of ether oxygens (including phenoxy) is 1. The molecule has 0 spiro atoms.